The van der Waals surface area contributed by atoms with E-state index in [4.69, 9.17) is 9.47 Å². The summed E-state index contributed by atoms with van der Waals surface area (Å²) < 4.78 is 9.60. The minimum absolute atomic E-state index is 0.0261. The van der Waals surface area contributed by atoms with Crippen LogP contribution in [0.1, 0.15) is 17.4 Å². The Bertz CT molecular complexity index is 782. The van der Waals surface area contributed by atoms with Gasteiger partial charge in [-0.25, -0.2) is 9.78 Å². The van der Waals surface area contributed by atoms with Gasteiger partial charge in [0.2, 0.25) is 5.69 Å². The van der Waals surface area contributed by atoms with Gasteiger partial charge in [0.25, 0.3) is 5.56 Å². The van der Waals surface area contributed by atoms with E-state index in [1.165, 1.54) is 19.2 Å². The van der Waals surface area contributed by atoms with E-state index >= 15 is 0 Å². The normalized spacial score (nSPS) is 10.4. The summed E-state index contributed by atoms with van der Waals surface area (Å²) in [6, 6.07) is 2.74. The number of benzene rings is 1. The maximum atomic E-state index is 11.8. The number of esters is 1. The summed E-state index contributed by atoms with van der Waals surface area (Å²) in [6.07, 6.45) is 0. The molecule has 1 aromatic heterocycles. The van der Waals surface area contributed by atoms with Gasteiger partial charge in [-0.3, -0.25) is 14.9 Å². The zero-order chi connectivity index (χ0) is 15.6. The lowest BCUT2D eigenvalue weighted by atomic mass is 10.2. The maximum absolute atomic E-state index is 11.8. The van der Waals surface area contributed by atoms with Crippen molar-refractivity contribution < 1.29 is 19.2 Å². The topological polar surface area (TPSA) is 124 Å². The Morgan fingerprint density at radius 3 is 2.76 bits per heavy atom. The van der Waals surface area contributed by atoms with Crippen molar-refractivity contribution in [3.05, 3.63) is 38.3 Å². The van der Waals surface area contributed by atoms with Crippen LogP contribution in [0.4, 0.5) is 5.69 Å². The standard InChI is InChI=1S/C12H11N3O6/c1-3-21-12(17)9-11(16)13-6-4-5-7(20-2)10(15(18)19)8(6)14-9/h4-5H,3H2,1-2H3,(H,13,16). The van der Waals surface area contributed by atoms with Crippen LogP contribution in [0, 0.1) is 10.1 Å². The molecular weight excluding hydrogens is 282 g/mol. The SMILES string of the molecule is CCOC(=O)c1nc2c([N+](=O)[O-])c(OC)ccc2[nH]c1=O. The fourth-order valence-electron chi connectivity index (χ4n) is 1.80. The number of carbonyl (C=O) groups excluding carboxylic acids is 1. The van der Waals surface area contributed by atoms with Gasteiger partial charge >= 0.3 is 11.7 Å². The quantitative estimate of drug-likeness (QED) is 0.506. The highest BCUT2D eigenvalue weighted by molar-refractivity contribution is 5.93. The molecule has 1 N–H and O–H groups in total. The Morgan fingerprint density at radius 2 is 2.19 bits per heavy atom. The van der Waals surface area contributed by atoms with Crippen LogP contribution in [0.15, 0.2) is 16.9 Å². The first kappa shape index (κ1) is 14.4. The summed E-state index contributed by atoms with van der Waals surface area (Å²) in [5.41, 5.74) is -1.78. The van der Waals surface area contributed by atoms with Gasteiger partial charge < -0.3 is 14.5 Å². The van der Waals surface area contributed by atoms with Gasteiger partial charge in [0.15, 0.2) is 11.3 Å². The molecule has 0 aliphatic carbocycles. The lowest BCUT2D eigenvalue weighted by Gasteiger charge is -2.06. The molecule has 9 nitrogen and oxygen atoms in total. The van der Waals surface area contributed by atoms with Gasteiger partial charge in [-0.1, -0.05) is 0 Å². The average molecular weight is 293 g/mol. The maximum Gasteiger partial charge on any atom is 0.362 e. The summed E-state index contributed by atoms with van der Waals surface area (Å²) in [5.74, 6) is -0.973. The van der Waals surface area contributed by atoms with Crippen molar-refractivity contribution in [3.8, 4) is 5.75 Å². The molecule has 0 spiro atoms. The second-order valence-electron chi connectivity index (χ2n) is 3.90. The Balaban J connectivity index is 2.79. The molecule has 0 saturated heterocycles. The van der Waals surface area contributed by atoms with Crippen molar-refractivity contribution in [2.75, 3.05) is 13.7 Å². The largest absolute Gasteiger partial charge is 0.490 e. The average Bonchev–Trinajstić information content (AvgIpc) is 2.45. The third-order valence-electron chi connectivity index (χ3n) is 2.67. The molecule has 0 radical (unpaired) electrons. The highest BCUT2D eigenvalue weighted by Gasteiger charge is 2.24. The van der Waals surface area contributed by atoms with Crippen LogP contribution in [0.25, 0.3) is 11.0 Å². The summed E-state index contributed by atoms with van der Waals surface area (Å²) in [6.45, 7) is 1.62. The second kappa shape index (κ2) is 5.57. The molecule has 9 heteroatoms. The third-order valence-corrected chi connectivity index (χ3v) is 2.67. The number of carbonyl (C=O) groups is 1. The lowest BCUT2D eigenvalue weighted by molar-refractivity contribution is -0.384. The molecule has 0 amide bonds. The van der Waals surface area contributed by atoms with Crippen molar-refractivity contribution in [1.82, 2.24) is 9.97 Å². The van der Waals surface area contributed by atoms with Gasteiger partial charge in [-0.15, -0.1) is 0 Å². The molecular formula is C12H11N3O6. The summed E-state index contributed by atoms with van der Waals surface area (Å²) in [7, 11) is 1.27. The first-order valence-corrected chi connectivity index (χ1v) is 5.92. The Labute approximate surface area is 117 Å². The number of H-pyrrole nitrogens is 1. The highest BCUT2D eigenvalue weighted by atomic mass is 16.6. The number of hydrogen-bond donors (Lipinski definition) is 1. The van der Waals surface area contributed by atoms with E-state index in [0.717, 1.165) is 0 Å². The predicted molar refractivity (Wildman–Crippen MR) is 71.5 cm³/mol. The fourth-order valence-corrected chi connectivity index (χ4v) is 1.80. The minimum Gasteiger partial charge on any atom is -0.490 e. The molecule has 1 aromatic carbocycles. The molecule has 0 aliphatic rings. The number of fused-ring (bicyclic) bond motifs is 1. The molecule has 0 fully saturated rings. The van der Waals surface area contributed by atoms with Crippen molar-refractivity contribution in [2.24, 2.45) is 0 Å². The summed E-state index contributed by atoms with van der Waals surface area (Å²) in [5, 5.41) is 11.2. The Kier molecular flexibility index (Phi) is 3.83. The van der Waals surface area contributed by atoms with Crippen LogP contribution in [0.5, 0.6) is 5.75 Å². The van der Waals surface area contributed by atoms with E-state index in [9.17, 15) is 19.7 Å². The number of aromatic amines is 1. The highest BCUT2D eigenvalue weighted by Crippen LogP contribution is 2.32. The van der Waals surface area contributed by atoms with Crippen LogP contribution in [0.2, 0.25) is 0 Å². The predicted octanol–water partition coefficient (Wildman–Crippen LogP) is 1.02. The molecule has 110 valence electrons. The van der Waals surface area contributed by atoms with Crippen LogP contribution in [0.3, 0.4) is 0 Å². The first-order valence-electron chi connectivity index (χ1n) is 5.92. The Hall–Kier alpha value is -2.97. The van der Waals surface area contributed by atoms with E-state index in [-0.39, 0.29) is 23.4 Å². The number of nitro groups is 1. The summed E-state index contributed by atoms with van der Waals surface area (Å²) >= 11 is 0. The van der Waals surface area contributed by atoms with Gasteiger partial charge in [0, 0.05) is 0 Å². The first-order chi connectivity index (χ1) is 9.99. The number of rotatable bonds is 4. The van der Waals surface area contributed by atoms with E-state index in [0.29, 0.717) is 0 Å². The van der Waals surface area contributed by atoms with E-state index in [2.05, 4.69) is 9.97 Å². The number of hydrogen-bond acceptors (Lipinski definition) is 7. The molecule has 0 atom stereocenters. The van der Waals surface area contributed by atoms with Gasteiger partial charge in [0.05, 0.1) is 24.2 Å². The van der Waals surface area contributed by atoms with Crippen molar-refractivity contribution in [1.29, 1.82) is 0 Å². The molecule has 0 aliphatic heterocycles. The van der Waals surface area contributed by atoms with Crippen molar-refractivity contribution >= 4 is 22.7 Å². The molecule has 2 rings (SSSR count). The molecule has 1 heterocycles. The fraction of sp³-hybridized carbons (Fsp3) is 0.250. The minimum atomic E-state index is -0.947. The van der Waals surface area contributed by atoms with Crippen LogP contribution < -0.4 is 10.3 Å². The van der Waals surface area contributed by atoms with Crippen LogP contribution in [-0.4, -0.2) is 34.6 Å². The summed E-state index contributed by atoms with van der Waals surface area (Å²) in [4.78, 5) is 40.0. The number of ether oxygens (including phenoxy) is 2. The van der Waals surface area contributed by atoms with Crippen LogP contribution in [-0.2, 0) is 4.74 Å². The number of nitro benzene ring substituents is 1. The number of nitrogens with one attached hydrogen (secondary N) is 1. The van der Waals surface area contributed by atoms with Crippen molar-refractivity contribution in [3.63, 3.8) is 0 Å². The Morgan fingerprint density at radius 1 is 1.48 bits per heavy atom. The zero-order valence-electron chi connectivity index (χ0n) is 11.2. The molecule has 0 unspecified atom stereocenters. The molecule has 21 heavy (non-hydrogen) atoms. The molecule has 0 bridgehead atoms. The number of nitrogens with zero attached hydrogens (tertiary/aromatic N) is 2. The number of methoxy groups -OCH3 is 1. The lowest BCUT2D eigenvalue weighted by Crippen LogP contribution is -2.22. The van der Waals surface area contributed by atoms with Gasteiger partial charge in [0.1, 0.15) is 0 Å². The van der Waals surface area contributed by atoms with E-state index in [1.54, 1.807) is 6.92 Å². The second-order valence-corrected chi connectivity index (χ2v) is 3.90. The molecule has 2 aromatic rings. The zero-order valence-corrected chi connectivity index (χ0v) is 11.2. The third kappa shape index (κ3) is 2.53. The smallest absolute Gasteiger partial charge is 0.362 e. The van der Waals surface area contributed by atoms with Crippen molar-refractivity contribution in [2.45, 2.75) is 6.92 Å². The van der Waals surface area contributed by atoms with E-state index in [1.807, 2.05) is 0 Å². The number of aromatic nitrogens is 2. The van der Waals surface area contributed by atoms with Gasteiger partial charge in [-0.05, 0) is 19.1 Å². The molecule has 0 saturated carbocycles. The monoisotopic (exact) mass is 293 g/mol. The van der Waals surface area contributed by atoms with Gasteiger partial charge in [-0.2, -0.15) is 0 Å². The van der Waals surface area contributed by atoms with E-state index < -0.39 is 27.8 Å². The van der Waals surface area contributed by atoms with Crippen LogP contribution >= 0.6 is 0 Å².